The molecule has 0 bridgehead atoms. The number of cyclic esters (lactones) is 2. The number of ether oxygens (including phenoxy) is 2. The van der Waals surface area contributed by atoms with E-state index in [2.05, 4.69) is 19.8 Å². The second-order valence-electron chi connectivity index (χ2n) is 3.94. The van der Waals surface area contributed by atoms with Gasteiger partial charge in [-0.1, -0.05) is 5.21 Å². The summed E-state index contributed by atoms with van der Waals surface area (Å²) in [5, 5.41) is 7.72. The summed E-state index contributed by atoms with van der Waals surface area (Å²) in [7, 11) is 1.25. The third kappa shape index (κ3) is 1.63. The minimum atomic E-state index is -0.843. The highest BCUT2D eigenvalue weighted by Crippen LogP contribution is 2.29. The van der Waals surface area contributed by atoms with Gasteiger partial charge < -0.3 is 9.47 Å². The van der Waals surface area contributed by atoms with Crippen molar-refractivity contribution in [3.05, 3.63) is 27.9 Å². The highest BCUT2D eigenvalue weighted by atomic mass is 32.1. The van der Waals surface area contributed by atoms with Crippen LogP contribution in [-0.2, 0) is 9.47 Å². The van der Waals surface area contributed by atoms with Crippen molar-refractivity contribution in [2.75, 3.05) is 7.11 Å². The number of carbonyl (C=O) groups excluding carboxylic acids is 3. The maximum atomic E-state index is 11.7. The van der Waals surface area contributed by atoms with Crippen LogP contribution in [0, 0.1) is 6.92 Å². The monoisotopic (exact) mass is 293 g/mol. The summed E-state index contributed by atoms with van der Waals surface area (Å²) in [6.07, 6.45) is 0. The molecule has 8 nitrogen and oxygen atoms in total. The Balaban J connectivity index is 2.21. The van der Waals surface area contributed by atoms with E-state index in [0.29, 0.717) is 5.00 Å². The molecule has 2 aromatic rings. The third-order valence-corrected chi connectivity index (χ3v) is 3.70. The van der Waals surface area contributed by atoms with Crippen LogP contribution in [0.15, 0.2) is 6.07 Å². The summed E-state index contributed by atoms with van der Waals surface area (Å²) < 4.78 is 10.3. The molecule has 2 aromatic heterocycles. The fraction of sp³-hybridized carbons (Fsp3) is 0.182. The normalized spacial score (nSPS) is 13.3. The van der Waals surface area contributed by atoms with Gasteiger partial charge >= 0.3 is 17.9 Å². The van der Waals surface area contributed by atoms with Crippen molar-refractivity contribution in [2.24, 2.45) is 0 Å². The van der Waals surface area contributed by atoms with E-state index in [0.717, 1.165) is 9.56 Å². The van der Waals surface area contributed by atoms with Crippen LogP contribution < -0.4 is 0 Å². The molecule has 0 N–H and O–H groups in total. The van der Waals surface area contributed by atoms with Gasteiger partial charge in [0.15, 0.2) is 5.69 Å². The third-order valence-electron chi connectivity index (χ3n) is 2.68. The van der Waals surface area contributed by atoms with Gasteiger partial charge in [-0.2, -0.15) is 4.68 Å². The molecule has 3 rings (SSSR count). The minimum absolute atomic E-state index is 0.0815. The summed E-state index contributed by atoms with van der Waals surface area (Å²) in [4.78, 5) is 35.5. The lowest BCUT2D eigenvalue weighted by Crippen LogP contribution is -2.11. The standard InChI is InChI=1S/C11H7N3O5S/c1-4-3-5(9(15)18-2)8(20-4)14-7-6(12-13-14)10(16)19-11(7)17/h3H,1-2H3. The van der Waals surface area contributed by atoms with Gasteiger partial charge in [-0.3, -0.25) is 0 Å². The number of hydrogen-bond acceptors (Lipinski definition) is 8. The highest BCUT2D eigenvalue weighted by Gasteiger charge is 2.38. The number of aromatic nitrogens is 3. The maximum absolute atomic E-state index is 11.7. The molecule has 1 aliphatic heterocycles. The van der Waals surface area contributed by atoms with Gasteiger partial charge in [0, 0.05) is 4.88 Å². The van der Waals surface area contributed by atoms with Crippen LogP contribution in [0.2, 0.25) is 0 Å². The summed E-state index contributed by atoms with van der Waals surface area (Å²) in [5.41, 5.74) is 0.00807. The summed E-state index contributed by atoms with van der Waals surface area (Å²) in [5.74, 6) is -2.24. The Kier molecular flexibility index (Phi) is 2.64. The smallest absolute Gasteiger partial charge is 0.369 e. The summed E-state index contributed by atoms with van der Waals surface area (Å²) in [6.45, 7) is 1.79. The molecule has 0 atom stereocenters. The first-order valence-corrected chi connectivity index (χ1v) is 6.26. The minimum Gasteiger partial charge on any atom is -0.465 e. The molecule has 0 aliphatic carbocycles. The summed E-state index contributed by atoms with van der Waals surface area (Å²) >= 11 is 1.23. The van der Waals surface area contributed by atoms with Crippen molar-refractivity contribution in [1.82, 2.24) is 15.0 Å². The Morgan fingerprint density at radius 2 is 2.15 bits per heavy atom. The molecule has 20 heavy (non-hydrogen) atoms. The first-order chi connectivity index (χ1) is 9.52. The van der Waals surface area contributed by atoms with E-state index in [1.54, 1.807) is 13.0 Å². The number of esters is 3. The Bertz CT molecular complexity index is 760. The molecular weight excluding hydrogens is 286 g/mol. The van der Waals surface area contributed by atoms with Crippen LogP contribution in [0.1, 0.15) is 36.2 Å². The number of thiophene rings is 1. The number of rotatable bonds is 2. The first kappa shape index (κ1) is 12.5. The zero-order valence-electron chi connectivity index (χ0n) is 10.4. The van der Waals surface area contributed by atoms with Gasteiger partial charge in [0.05, 0.1) is 12.7 Å². The van der Waals surface area contributed by atoms with E-state index < -0.39 is 17.9 Å². The maximum Gasteiger partial charge on any atom is 0.369 e. The Morgan fingerprint density at radius 3 is 2.85 bits per heavy atom. The molecule has 0 fully saturated rings. The van der Waals surface area contributed by atoms with Crippen LogP contribution in [0.4, 0.5) is 0 Å². The molecule has 0 aromatic carbocycles. The SMILES string of the molecule is COC(=O)c1cc(C)sc1-n1nnc2c1C(=O)OC2=O. The fourth-order valence-corrected chi connectivity index (χ4v) is 2.79. The lowest BCUT2D eigenvalue weighted by atomic mass is 10.3. The van der Waals surface area contributed by atoms with Gasteiger partial charge in [-0.25, -0.2) is 14.4 Å². The van der Waals surface area contributed by atoms with E-state index in [1.807, 2.05) is 0 Å². The number of methoxy groups -OCH3 is 1. The average molecular weight is 293 g/mol. The van der Waals surface area contributed by atoms with Gasteiger partial charge in [-0.05, 0) is 13.0 Å². The average Bonchev–Trinajstić information content (AvgIpc) is 3.06. The molecule has 102 valence electrons. The molecular formula is C11H7N3O5S. The molecule has 0 radical (unpaired) electrons. The van der Waals surface area contributed by atoms with E-state index >= 15 is 0 Å². The van der Waals surface area contributed by atoms with Crippen molar-refractivity contribution < 1.29 is 23.9 Å². The van der Waals surface area contributed by atoms with Crippen LogP contribution in [0.25, 0.3) is 5.00 Å². The van der Waals surface area contributed by atoms with Crippen molar-refractivity contribution in [1.29, 1.82) is 0 Å². The van der Waals surface area contributed by atoms with Crippen LogP contribution in [-0.4, -0.2) is 40.0 Å². The van der Waals surface area contributed by atoms with Gasteiger partial charge in [0.2, 0.25) is 5.69 Å². The van der Waals surface area contributed by atoms with E-state index in [1.165, 1.54) is 18.4 Å². The lowest BCUT2D eigenvalue weighted by Gasteiger charge is -2.02. The van der Waals surface area contributed by atoms with Crippen LogP contribution in [0.5, 0.6) is 0 Å². The quantitative estimate of drug-likeness (QED) is 0.594. The Hall–Kier alpha value is -2.55. The fourth-order valence-electron chi connectivity index (χ4n) is 1.84. The summed E-state index contributed by atoms with van der Waals surface area (Å²) in [6, 6.07) is 1.61. The largest absolute Gasteiger partial charge is 0.465 e. The van der Waals surface area contributed by atoms with Crippen LogP contribution >= 0.6 is 11.3 Å². The number of aryl methyl sites for hydroxylation is 1. The second-order valence-corrected chi connectivity index (χ2v) is 5.18. The van der Waals surface area contributed by atoms with Gasteiger partial charge in [-0.15, -0.1) is 16.4 Å². The van der Waals surface area contributed by atoms with Crippen molar-refractivity contribution in [2.45, 2.75) is 6.92 Å². The number of carbonyl (C=O) groups is 3. The lowest BCUT2D eigenvalue weighted by molar-refractivity contribution is 0.0432. The predicted octanol–water partition coefficient (Wildman–Crippen LogP) is 0.734. The molecule has 1 aliphatic rings. The van der Waals surface area contributed by atoms with Gasteiger partial charge in [0.1, 0.15) is 5.00 Å². The molecule has 0 amide bonds. The number of nitrogens with zero attached hydrogens (tertiary/aromatic N) is 3. The van der Waals surface area contributed by atoms with E-state index in [-0.39, 0.29) is 17.0 Å². The number of hydrogen-bond donors (Lipinski definition) is 0. The Morgan fingerprint density at radius 1 is 1.40 bits per heavy atom. The number of fused-ring (bicyclic) bond motifs is 1. The van der Waals surface area contributed by atoms with Gasteiger partial charge in [0.25, 0.3) is 0 Å². The molecule has 0 unspecified atom stereocenters. The van der Waals surface area contributed by atoms with E-state index in [9.17, 15) is 14.4 Å². The molecule has 0 saturated heterocycles. The molecule has 9 heteroatoms. The zero-order chi connectivity index (χ0) is 14.4. The van der Waals surface area contributed by atoms with Crippen molar-refractivity contribution in [3.8, 4) is 5.00 Å². The highest BCUT2D eigenvalue weighted by molar-refractivity contribution is 7.14. The predicted molar refractivity (Wildman–Crippen MR) is 65.1 cm³/mol. The topological polar surface area (TPSA) is 100 Å². The molecule has 3 heterocycles. The zero-order valence-corrected chi connectivity index (χ0v) is 11.2. The van der Waals surface area contributed by atoms with Crippen molar-refractivity contribution >= 4 is 29.2 Å². The van der Waals surface area contributed by atoms with Crippen LogP contribution in [0.3, 0.4) is 0 Å². The molecule has 0 spiro atoms. The first-order valence-electron chi connectivity index (χ1n) is 5.44. The Labute approximate surface area is 115 Å². The molecule has 0 saturated carbocycles. The van der Waals surface area contributed by atoms with Crippen molar-refractivity contribution in [3.63, 3.8) is 0 Å². The van der Waals surface area contributed by atoms with E-state index in [4.69, 9.17) is 0 Å². The second kappa shape index (κ2) is 4.23.